The van der Waals surface area contributed by atoms with Crippen LogP contribution in [0.3, 0.4) is 0 Å². The van der Waals surface area contributed by atoms with Crippen LogP contribution in [0.1, 0.15) is 10.5 Å². The zero-order valence-corrected chi connectivity index (χ0v) is 8.08. The number of nitro benzene ring substituents is 1. The maximum absolute atomic E-state index is 10.6. The average molecular weight is 217 g/mol. The van der Waals surface area contributed by atoms with Crippen molar-refractivity contribution < 1.29 is 9.72 Å². The number of benzene rings is 1. The molecule has 0 aliphatic rings. The number of imidazole rings is 1. The summed E-state index contributed by atoms with van der Waals surface area (Å²) in [5.74, 6) is 0.436. The van der Waals surface area contributed by atoms with Gasteiger partial charge in [0.2, 0.25) is 0 Å². The van der Waals surface area contributed by atoms with E-state index in [4.69, 9.17) is 0 Å². The summed E-state index contributed by atoms with van der Waals surface area (Å²) in [6.07, 6.45) is 2.01. The molecule has 0 spiro atoms. The summed E-state index contributed by atoms with van der Waals surface area (Å²) in [5.41, 5.74) is 0.894. The first-order valence-electron chi connectivity index (χ1n) is 4.45. The van der Waals surface area contributed by atoms with E-state index in [1.54, 1.807) is 12.1 Å². The molecule has 2 rings (SSSR count). The lowest BCUT2D eigenvalue weighted by Crippen LogP contribution is -1.89. The lowest BCUT2D eigenvalue weighted by molar-refractivity contribution is -0.384. The average Bonchev–Trinajstić information content (AvgIpc) is 2.77. The van der Waals surface area contributed by atoms with E-state index in [2.05, 4.69) is 9.97 Å². The van der Waals surface area contributed by atoms with Gasteiger partial charge in [-0.05, 0) is 0 Å². The summed E-state index contributed by atoms with van der Waals surface area (Å²) >= 11 is 0. The van der Waals surface area contributed by atoms with E-state index in [0.717, 1.165) is 0 Å². The van der Waals surface area contributed by atoms with E-state index in [1.165, 1.54) is 18.3 Å². The van der Waals surface area contributed by atoms with Crippen molar-refractivity contribution in [2.45, 2.75) is 0 Å². The zero-order chi connectivity index (χ0) is 11.5. The molecule has 0 saturated heterocycles. The SMILES string of the molecule is O=Cc1cnc(-c2cccc([N+](=O)[O-])c2)[nH]1. The number of carbonyl (C=O) groups is 1. The highest BCUT2D eigenvalue weighted by Gasteiger charge is 2.09. The summed E-state index contributed by atoms with van der Waals surface area (Å²) in [5, 5.41) is 10.6. The predicted octanol–water partition coefficient (Wildman–Crippen LogP) is 1.80. The lowest BCUT2D eigenvalue weighted by atomic mass is 10.2. The Balaban J connectivity index is 2.43. The van der Waals surface area contributed by atoms with Crippen LogP contribution < -0.4 is 0 Å². The van der Waals surface area contributed by atoms with Gasteiger partial charge in [-0.15, -0.1) is 0 Å². The van der Waals surface area contributed by atoms with Gasteiger partial charge in [0.15, 0.2) is 6.29 Å². The molecule has 0 unspecified atom stereocenters. The number of nitrogens with zero attached hydrogens (tertiary/aromatic N) is 2. The molecular formula is C10H7N3O3. The Hall–Kier alpha value is -2.50. The largest absolute Gasteiger partial charge is 0.336 e. The molecule has 16 heavy (non-hydrogen) atoms. The quantitative estimate of drug-likeness (QED) is 0.482. The molecule has 1 aromatic heterocycles. The Kier molecular flexibility index (Phi) is 2.47. The van der Waals surface area contributed by atoms with E-state index in [9.17, 15) is 14.9 Å². The minimum atomic E-state index is -0.479. The summed E-state index contributed by atoms with van der Waals surface area (Å²) in [6.45, 7) is 0. The van der Waals surface area contributed by atoms with Crippen molar-refractivity contribution in [2.24, 2.45) is 0 Å². The number of nitrogens with one attached hydrogen (secondary N) is 1. The van der Waals surface area contributed by atoms with Crippen molar-refractivity contribution in [3.05, 3.63) is 46.3 Å². The third-order valence-electron chi connectivity index (χ3n) is 2.05. The topological polar surface area (TPSA) is 88.9 Å². The molecule has 6 nitrogen and oxygen atoms in total. The minimum Gasteiger partial charge on any atom is -0.336 e. The molecule has 0 bridgehead atoms. The molecular weight excluding hydrogens is 210 g/mol. The van der Waals surface area contributed by atoms with Crippen molar-refractivity contribution >= 4 is 12.0 Å². The number of hydrogen-bond donors (Lipinski definition) is 1. The van der Waals surface area contributed by atoms with Crippen LogP contribution in [0.5, 0.6) is 0 Å². The Morgan fingerprint density at radius 1 is 1.44 bits per heavy atom. The molecule has 1 N–H and O–H groups in total. The fourth-order valence-electron chi connectivity index (χ4n) is 1.31. The van der Waals surface area contributed by atoms with E-state index in [1.807, 2.05) is 0 Å². The van der Waals surface area contributed by atoms with Crippen LogP contribution in [-0.4, -0.2) is 21.2 Å². The molecule has 0 amide bonds. The second-order valence-corrected chi connectivity index (χ2v) is 3.11. The number of H-pyrrole nitrogens is 1. The first kappa shape index (κ1) is 10.0. The van der Waals surface area contributed by atoms with Crippen LogP contribution in [-0.2, 0) is 0 Å². The highest BCUT2D eigenvalue weighted by atomic mass is 16.6. The van der Waals surface area contributed by atoms with Gasteiger partial charge in [-0.25, -0.2) is 4.98 Å². The number of non-ortho nitro benzene ring substituents is 1. The second-order valence-electron chi connectivity index (χ2n) is 3.11. The smallest absolute Gasteiger partial charge is 0.270 e. The van der Waals surface area contributed by atoms with Crippen molar-refractivity contribution in [3.63, 3.8) is 0 Å². The molecule has 6 heteroatoms. The van der Waals surface area contributed by atoms with Crippen LogP contribution >= 0.6 is 0 Å². The Morgan fingerprint density at radius 3 is 2.88 bits per heavy atom. The fraction of sp³-hybridized carbons (Fsp3) is 0. The van der Waals surface area contributed by atoms with Crippen LogP contribution in [0.25, 0.3) is 11.4 Å². The third kappa shape index (κ3) is 1.81. The zero-order valence-electron chi connectivity index (χ0n) is 8.08. The number of nitro groups is 1. The van der Waals surface area contributed by atoms with Crippen LogP contribution in [0, 0.1) is 10.1 Å². The van der Waals surface area contributed by atoms with Crippen molar-refractivity contribution in [2.75, 3.05) is 0 Å². The monoisotopic (exact) mass is 217 g/mol. The van der Waals surface area contributed by atoms with Crippen LogP contribution in [0.4, 0.5) is 5.69 Å². The van der Waals surface area contributed by atoms with Gasteiger partial charge in [0.25, 0.3) is 5.69 Å². The van der Waals surface area contributed by atoms with Crippen molar-refractivity contribution in [1.29, 1.82) is 0 Å². The molecule has 0 saturated carbocycles. The second kappa shape index (κ2) is 3.93. The van der Waals surface area contributed by atoms with E-state index in [0.29, 0.717) is 23.4 Å². The van der Waals surface area contributed by atoms with Crippen LogP contribution in [0.2, 0.25) is 0 Å². The van der Waals surface area contributed by atoms with Gasteiger partial charge in [0.1, 0.15) is 5.82 Å². The standard InChI is InChI=1S/C10H7N3O3/c14-6-8-5-11-10(12-8)7-2-1-3-9(4-7)13(15)16/h1-6H,(H,11,12). The normalized spacial score (nSPS) is 10.0. The van der Waals surface area contributed by atoms with Gasteiger partial charge in [-0.1, -0.05) is 12.1 Å². The Bertz CT molecular complexity index is 548. The predicted molar refractivity (Wildman–Crippen MR) is 56.1 cm³/mol. The summed E-state index contributed by atoms with van der Waals surface area (Å²) in [4.78, 5) is 27.2. The first-order valence-corrected chi connectivity index (χ1v) is 4.45. The molecule has 1 aromatic carbocycles. The number of hydrogen-bond acceptors (Lipinski definition) is 4. The van der Waals surface area contributed by atoms with Crippen LogP contribution in [0.15, 0.2) is 30.5 Å². The first-order chi connectivity index (χ1) is 7.70. The summed E-state index contributed by atoms with van der Waals surface area (Å²) in [7, 11) is 0. The molecule has 0 radical (unpaired) electrons. The third-order valence-corrected chi connectivity index (χ3v) is 2.05. The lowest BCUT2D eigenvalue weighted by Gasteiger charge is -1.96. The van der Waals surface area contributed by atoms with Gasteiger partial charge in [0.05, 0.1) is 16.8 Å². The maximum atomic E-state index is 10.6. The summed E-state index contributed by atoms with van der Waals surface area (Å²) < 4.78 is 0. The molecule has 0 aliphatic heterocycles. The van der Waals surface area contributed by atoms with Crippen molar-refractivity contribution in [1.82, 2.24) is 9.97 Å². The van der Waals surface area contributed by atoms with Gasteiger partial charge in [-0.2, -0.15) is 0 Å². The van der Waals surface area contributed by atoms with Crippen molar-refractivity contribution in [3.8, 4) is 11.4 Å². The highest BCUT2D eigenvalue weighted by molar-refractivity contribution is 5.73. The Labute approximate surface area is 90.1 Å². The molecule has 2 aromatic rings. The summed E-state index contributed by atoms with van der Waals surface area (Å²) in [6, 6.07) is 6.04. The number of carbonyl (C=O) groups excluding carboxylic acids is 1. The van der Waals surface area contributed by atoms with Gasteiger partial charge in [-0.3, -0.25) is 14.9 Å². The van der Waals surface area contributed by atoms with Gasteiger partial charge >= 0.3 is 0 Å². The fourth-order valence-corrected chi connectivity index (χ4v) is 1.31. The van der Waals surface area contributed by atoms with E-state index in [-0.39, 0.29) is 5.69 Å². The van der Waals surface area contributed by atoms with Gasteiger partial charge in [0, 0.05) is 17.7 Å². The molecule has 0 fully saturated rings. The highest BCUT2D eigenvalue weighted by Crippen LogP contribution is 2.20. The number of aldehydes is 1. The molecule has 1 heterocycles. The van der Waals surface area contributed by atoms with E-state index >= 15 is 0 Å². The van der Waals surface area contributed by atoms with Gasteiger partial charge < -0.3 is 4.98 Å². The maximum Gasteiger partial charge on any atom is 0.270 e. The van der Waals surface area contributed by atoms with E-state index < -0.39 is 4.92 Å². The molecule has 0 atom stereocenters. The Morgan fingerprint density at radius 2 is 2.25 bits per heavy atom. The molecule has 80 valence electrons. The number of aromatic amines is 1. The molecule has 0 aliphatic carbocycles. The minimum absolute atomic E-state index is 0.0125. The number of rotatable bonds is 3. The number of aromatic nitrogens is 2.